The lowest BCUT2D eigenvalue weighted by Crippen LogP contribution is -2.25. The van der Waals surface area contributed by atoms with Crippen molar-refractivity contribution in [3.05, 3.63) is 59.2 Å². The van der Waals surface area contributed by atoms with E-state index in [0.29, 0.717) is 17.9 Å². The highest BCUT2D eigenvalue weighted by molar-refractivity contribution is 5.92. The van der Waals surface area contributed by atoms with Crippen molar-refractivity contribution in [2.24, 2.45) is 7.05 Å². The van der Waals surface area contributed by atoms with Gasteiger partial charge in [0.2, 0.25) is 0 Å². The Balaban J connectivity index is 1.96. The Hall–Kier alpha value is -2.63. The summed E-state index contributed by atoms with van der Waals surface area (Å²) in [6.07, 6.45) is 6.52. The molecule has 0 aliphatic carbocycles. The summed E-state index contributed by atoms with van der Waals surface area (Å²) < 4.78 is 21.6. The smallest absolute Gasteiger partial charge is 0.269 e. The first-order chi connectivity index (χ1) is 12.6. The number of hydrogen-bond donors (Lipinski definition) is 1. The van der Waals surface area contributed by atoms with E-state index in [1.54, 1.807) is 31.3 Å². The van der Waals surface area contributed by atoms with Gasteiger partial charge in [-0.25, -0.2) is 4.39 Å². The van der Waals surface area contributed by atoms with Crippen LogP contribution in [0.4, 0.5) is 4.39 Å². The maximum Gasteiger partial charge on any atom is 0.269 e. The van der Waals surface area contributed by atoms with Crippen molar-refractivity contribution in [2.75, 3.05) is 6.61 Å². The van der Waals surface area contributed by atoms with Crippen molar-refractivity contribution in [3.8, 4) is 5.75 Å². The zero-order chi connectivity index (χ0) is 18.9. The first-order valence-electron chi connectivity index (χ1n) is 8.93. The van der Waals surface area contributed by atoms with Crippen molar-refractivity contribution < 1.29 is 13.9 Å². The first kappa shape index (κ1) is 19.7. The molecule has 1 N–H and O–H groups in total. The zero-order valence-corrected chi connectivity index (χ0v) is 15.6. The Morgan fingerprint density at radius 2 is 2.15 bits per heavy atom. The molecule has 6 heteroatoms. The minimum absolute atomic E-state index is 0.0875. The number of carbonyl (C=O) groups is 1. The molecule has 0 saturated heterocycles. The van der Waals surface area contributed by atoms with Gasteiger partial charge in [0.25, 0.3) is 5.91 Å². The van der Waals surface area contributed by atoms with Crippen LogP contribution in [0, 0.1) is 5.82 Å². The number of aryl methyl sites for hydroxylation is 2. The summed E-state index contributed by atoms with van der Waals surface area (Å²) in [6, 6.07) is 6.70. The van der Waals surface area contributed by atoms with E-state index in [9.17, 15) is 9.18 Å². The molecule has 0 fully saturated rings. The third kappa shape index (κ3) is 5.18. The van der Waals surface area contributed by atoms with Crippen molar-refractivity contribution in [1.82, 2.24) is 15.1 Å². The lowest BCUT2D eigenvalue weighted by molar-refractivity contribution is 0.0941. The van der Waals surface area contributed by atoms with Gasteiger partial charge in [-0.3, -0.25) is 9.48 Å². The molecular formula is C20H26FN3O2. The molecule has 0 aliphatic heterocycles. The number of nitrogens with zero attached hydrogens (tertiary/aromatic N) is 2. The molecule has 0 radical (unpaired) electrons. The second-order valence-electron chi connectivity index (χ2n) is 5.93. The van der Waals surface area contributed by atoms with Crippen LogP contribution in [0.2, 0.25) is 0 Å². The number of nitrogens with one attached hydrogen (secondary N) is 1. The van der Waals surface area contributed by atoms with Crippen LogP contribution in [0.25, 0.3) is 0 Å². The maximum absolute atomic E-state index is 14.5. The molecule has 0 aliphatic rings. The van der Waals surface area contributed by atoms with Crippen LogP contribution in [0.15, 0.2) is 36.4 Å². The Labute approximate surface area is 153 Å². The predicted molar refractivity (Wildman–Crippen MR) is 99.7 cm³/mol. The number of aromatic nitrogens is 2. The highest BCUT2D eigenvalue weighted by Crippen LogP contribution is 2.20. The quantitative estimate of drug-likeness (QED) is 0.547. The first-order valence-corrected chi connectivity index (χ1v) is 8.93. The van der Waals surface area contributed by atoms with E-state index in [0.717, 1.165) is 25.0 Å². The van der Waals surface area contributed by atoms with E-state index in [1.807, 2.05) is 19.1 Å². The van der Waals surface area contributed by atoms with Crippen LogP contribution >= 0.6 is 0 Å². The number of benzene rings is 1. The molecule has 1 aromatic carbocycles. The predicted octanol–water partition coefficient (Wildman–Crippen LogP) is 3.79. The fourth-order valence-electron chi connectivity index (χ4n) is 2.50. The minimum atomic E-state index is -0.438. The number of halogens is 1. The molecule has 1 aromatic heterocycles. The van der Waals surface area contributed by atoms with Crippen LogP contribution < -0.4 is 10.1 Å². The van der Waals surface area contributed by atoms with E-state index in [1.165, 1.54) is 4.68 Å². The minimum Gasteiger partial charge on any atom is -0.490 e. The van der Waals surface area contributed by atoms with Gasteiger partial charge in [-0.1, -0.05) is 38.1 Å². The largest absolute Gasteiger partial charge is 0.490 e. The van der Waals surface area contributed by atoms with Gasteiger partial charge in [-0.15, -0.1) is 0 Å². The molecular weight excluding hydrogens is 333 g/mol. The Bertz CT molecular complexity index is 768. The fourth-order valence-corrected chi connectivity index (χ4v) is 2.50. The highest BCUT2D eigenvalue weighted by atomic mass is 19.1. The molecule has 0 saturated carbocycles. The Kier molecular flexibility index (Phi) is 7.38. The van der Waals surface area contributed by atoms with Crippen LogP contribution in [0.5, 0.6) is 5.75 Å². The average Bonchev–Trinajstić information content (AvgIpc) is 3.02. The van der Waals surface area contributed by atoms with Gasteiger partial charge in [0.05, 0.1) is 12.3 Å². The van der Waals surface area contributed by atoms with E-state index in [4.69, 9.17) is 4.74 Å². The summed E-state index contributed by atoms with van der Waals surface area (Å²) in [7, 11) is 1.72. The summed E-state index contributed by atoms with van der Waals surface area (Å²) in [5.41, 5.74) is 1.69. The van der Waals surface area contributed by atoms with Crippen LogP contribution in [-0.2, 0) is 20.0 Å². The fraction of sp³-hybridized carbons (Fsp3) is 0.400. The third-order valence-corrected chi connectivity index (χ3v) is 3.95. The van der Waals surface area contributed by atoms with Crippen LogP contribution in [-0.4, -0.2) is 22.3 Å². The van der Waals surface area contributed by atoms with Crippen molar-refractivity contribution in [2.45, 2.75) is 39.7 Å². The SMILES string of the molecule is CCC=CCCOc1cccc(CNC(=O)c2cc(CC)nn2C)c1F. The monoisotopic (exact) mass is 359 g/mol. The van der Waals surface area contributed by atoms with E-state index >= 15 is 0 Å². The molecule has 1 amide bonds. The summed E-state index contributed by atoms with van der Waals surface area (Å²) in [5, 5.41) is 6.99. The van der Waals surface area contributed by atoms with Gasteiger partial charge < -0.3 is 10.1 Å². The van der Waals surface area contributed by atoms with Gasteiger partial charge in [0, 0.05) is 19.2 Å². The number of amides is 1. The standard InChI is InChI=1S/C20H26FN3O2/c1-4-6-7-8-12-26-18-11-9-10-15(19(18)21)14-22-20(25)17-13-16(5-2)23-24(17)3/h6-7,9-11,13H,4-5,8,12,14H2,1-3H3,(H,22,25). The molecule has 2 rings (SSSR count). The average molecular weight is 359 g/mol. The molecule has 140 valence electrons. The summed E-state index contributed by atoms with van der Waals surface area (Å²) in [4.78, 5) is 12.3. The number of hydrogen-bond acceptors (Lipinski definition) is 3. The van der Waals surface area contributed by atoms with Gasteiger partial charge >= 0.3 is 0 Å². The molecule has 5 nitrogen and oxygen atoms in total. The topological polar surface area (TPSA) is 56.1 Å². The van der Waals surface area contributed by atoms with Gasteiger partial charge in [-0.2, -0.15) is 5.10 Å². The Morgan fingerprint density at radius 3 is 2.85 bits per heavy atom. The molecule has 26 heavy (non-hydrogen) atoms. The van der Waals surface area contributed by atoms with Crippen molar-refractivity contribution in [1.29, 1.82) is 0 Å². The molecule has 0 bridgehead atoms. The van der Waals surface area contributed by atoms with Crippen LogP contribution in [0.3, 0.4) is 0 Å². The lowest BCUT2D eigenvalue weighted by atomic mass is 10.2. The normalized spacial score (nSPS) is 11.1. The highest BCUT2D eigenvalue weighted by Gasteiger charge is 2.14. The zero-order valence-electron chi connectivity index (χ0n) is 15.6. The van der Waals surface area contributed by atoms with Crippen LogP contribution in [0.1, 0.15) is 48.4 Å². The van der Waals surface area contributed by atoms with Crippen molar-refractivity contribution >= 4 is 5.91 Å². The van der Waals surface area contributed by atoms with Gasteiger partial charge in [0.15, 0.2) is 11.6 Å². The molecule has 2 aromatic rings. The summed E-state index contributed by atoms with van der Waals surface area (Å²) >= 11 is 0. The molecule has 0 atom stereocenters. The second kappa shape index (κ2) is 9.75. The molecule has 1 heterocycles. The summed E-state index contributed by atoms with van der Waals surface area (Å²) in [6.45, 7) is 4.54. The molecule has 0 spiro atoms. The maximum atomic E-state index is 14.5. The molecule has 0 unspecified atom stereocenters. The van der Waals surface area contributed by atoms with Gasteiger partial charge in [-0.05, 0) is 31.4 Å². The van der Waals surface area contributed by atoms with Crippen molar-refractivity contribution in [3.63, 3.8) is 0 Å². The van der Waals surface area contributed by atoms with E-state index < -0.39 is 5.82 Å². The number of rotatable bonds is 9. The number of carbonyl (C=O) groups excluding carboxylic acids is 1. The lowest BCUT2D eigenvalue weighted by Gasteiger charge is -2.10. The van der Waals surface area contributed by atoms with E-state index in [2.05, 4.69) is 17.3 Å². The third-order valence-electron chi connectivity index (χ3n) is 3.95. The second-order valence-corrected chi connectivity index (χ2v) is 5.93. The number of ether oxygens (including phenoxy) is 1. The van der Waals surface area contributed by atoms with Gasteiger partial charge in [0.1, 0.15) is 5.69 Å². The summed E-state index contributed by atoms with van der Waals surface area (Å²) in [5.74, 6) is -0.517. The Morgan fingerprint density at radius 1 is 1.35 bits per heavy atom. The number of allylic oxidation sites excluding steroid dienone is 1. The van der Waals surface area contributed by atoms with E-state index in [-0.39, 0.29) is 18.2 Å².